The minimum Gasteiger partial charge on any atom is -0.508 e. The molecule has 4 nitrogen and oxygen atoms in total. The topological polar surface area (TPSA) is 57.6 Å². The molecular weight excluding hydrogens is 266 g/mol. The summed E-state index contributed by atoms with van der Waals surface area (Å²) in [5.41, 5.74) is 1.47. The van der Waals surface area contributed by atoms with Crippen LogP contribution < -0.4 is 4.90 Å². The molecule has 21 heavy (non-hydrogen) atoms. The Morgan fingerprint density at radius 3 is 2.52 bits per heavy atom. The maximum atomic E-state index is 12.5. The smallest absolute Gasteiger partial charge is 0.237 e. The van der Waals surface area contributed by atoms with Gasteiger partial charge in [-0.1, -0.05) is 36.4 Å². The van der Waals surface area contributed by atoms with Crippen molar-refractivity contribution in [3.63, 3.8) is 0 Å². The van der Waals surface area contributed by atoms with E-state index in [0.717, 1.165) is 5.56 Å². The highest BCUT2D eigenvalue weighted by Gasteiger charge is 2.39. The largest absolute Gasteiger partial charge is 0.508 e. The van der Waals surface area contributed by atoms with Crippen molar-refractivity contribution in [1.29, 1.82) is 0 Å². The van der Waals surface area contributed by atoms with E-state index in [1.165, 1.54) is 17.0 Å². The zero-order chi connectivity index (χ0) is 14.8. The molecule has 2 aromatic carbocycles. The van der Waals surface area contributed by atoms with Gasteiger partial charge in [0.05, 0.1) is 11.6 Å². The first-order chi connectivity index (χ1) is 10.1. The summed E-state index contributed by atoms with van der Waals surface area (Å²) in [7, 11) is 0. The van der Waals surface area contributed by atoms with Gasteiger partial charge in [0.25, 0.3) is 0 Å². The summed E-state index contributed by atoms with van der Waals surface area (Å²) in [5, 5.41) is 9.50. The Kier molecular flexibility index (Phi) is 3.44. The molecule has 1 aliphatic heterocycles. The highest BCUT2D eigenvalue weighted by molar-refractivity contribution is 6.21. The monoisotopic (exact) mass is 281 g/mol. The van der Waals surface area contributed by atoms with Crippen LogP contribution in [0.5, 0.6) is 5.75 Å². The molecule has 4 heteroatoms. The van der Waals surface area contributed by atoms with Gasteiger partial charge in [-0.25, -0.2) is 0 Å². The summed E-state index contributed by atoms with van der Waals surface area (Å²) in [5.74, 6) is -0.706. The lowest BCUT2D eigenvalue weighted by Gasteiger charge is -2.15. The lowest BCUT2D eigenvalue weighted by molar-refractivity contribution is -0.122. The van der Waals surface area contributed by atoms with Gasteiger partial charge in [0.1, 0.15) is 5.75 Å². The Labute approximate surface area is 122 Å². The van der Waals surface area contributed by atoms with Gasteiger partial charge in [-0.2, -0.15) is 0 Å². The molecule has 0 radical (unpaired) electrons. The minimum atomic E-state index is -0.331. The number of phenols is 1. The van der Waals surface area contributed by atoms with E-state index < -0.39 is 0 Å². The van der Waals surface area contributed by atoms with E-state index in [1.807, 2.05) is 30.3 Å². The third kappa shape index (κ3) is 2.65. The molecule has 0 aromatic heterocycles. The fourth-order valence-electron chi connectivity index (χ4n) is 2.66. The maximum absolute atomic E-state index is 12.5. The zero-order valence-corrected chi connectivity index (χ0v) is 11.4. The summed E-state index contributed by atoms with van der Waals surface area (Å²) in [6, 6.07) is 15.9. The molecule has 1 N–H and O–H groups in total. The maximum Gasteiger partial charge on any atom is 0.237 e. The highest BCUT2D eigenvalue weighted by Crippen LogP contribution is 2.30. The first kappa shape index (κ1) is 13.4. The molecule has 1 aliphatic rings. The van der Waals surface area contributed by atoms with Crippen LogP contribution in [0.4, 0.5) is 5.69 Å². The van der Waals surface area contributed by atoms with Crippen LogP contribution in [0.25, 0.3) is 0 Å². The number of hydrogen-bond acceptors (Lipinski definition) is 3. The summed E-state index contributed by atoms with van der Waals surface area (Å²) in [4.78, 5) is 25.7. The van der Waals surface area contributed by atoms with Gasteiger partial charge in [0.15, 0.2) is 0 Å². The molecule has 1 saturated heterocycles. The highest BCUT2D eigenvalue weighted by atomic mass is 16.3. The van der Waals surface area contributed by atoms with E-state index >= 15 is 0 Å². The molecule has 0 unspecified atom stereocenters. The molecule has 0 aliphatic carbocycles. The number of carbonyl (C=O) groups excluding carboxylic acids is 2. The Morgan fingerprint density at radius 1 is 1.05 bits per heavy atom. The molecule has 2 aromatic rings. The number of phenolic OH excluding ortho intramolecular Hbond substituents is 1. The lowest BCUT2D eigenvalue weighted by atomic mass is 9.98. The molecule has 0 saturated carbocycles. The van der Waals surface area contributed by atoms with Gasteiger partial charge in [-0.3, -0.25) is 14.5 Å². The molecular formula is C17H15NO3. The standard InChI is InChI=1S/C17H15NO3/c19-15-8-4-7-14(11-15)18-16(20)10-13(17(18)21)9-12-5-2-1-3-6-12/h1-8,11,13,19H,9-10H2/t13-/m0/s1. The predicted octanol–water partition coefficient (Wildman–Crippen LogP) is 2.51. The van der Waals surface area contributed by atoms with Crippen molar-refractivity contribution < 1.29 is 14.7 Å². The second-order valence-electron chi connectivity index (χ2n) is 5.18. The number of aromatic hydroxyl groups is 1. The average molecular weight is 281 g/mol. The Hall–Kier alpha value is -2.62. The van der Waals surface area contributed by atoms with E-state index in [0.29, 0.717) is 12.1 Å². The Balaban J connectivity index is 1.82. The molecule has 0 spiro atoms. The van der Waals surface area contributed by atoms with E-state index in [4.69, 9.17) is 0 Å². The molecule has 0 bridgehead atoms. The molecule has 2 amide bonds. The van der Waals surface area contributed by atoms with Crippen LogP contribution in [0, 0.1) is 5.92 Å². The number of carbonyl (C=O) groups is 2. The number of amides is 2. The Morgan fingerprint density at radius 2 is 1.81 bits per heavy atom. The van der Waals surface area contributed by atoms with Crippen molar-refractivity contribution in [2.45, 2.75) is 12.8 Å². The fourth-order valence-corrected chi connectivity index (χ4v) is 2.66. The number of rotatable bonds is 3. The Bertz CT molecular complexity index is 681. The van der Waals surface area contributed by atoms with E-state index in [9.17, 15) is 14.7 Å². The van der Waals surface area contributed by atoms with E-state index in [-0.39, 0.29) is 29.9 Å². The van der Waals surface area contributed by atoms with Crippen LogP contribution in [-0.2, 0) is 16.0 Å². The van der Waals surface area contributed by atoms with Crippen molar-refractivity contribution in [2.24, 2.45) is 5.92 Å². The first-order valence-electron chi connectivity index (χ1n) is 6.85. The third-order valence-electron chi connectivity index (χ3n) is 3.65. The quantitative estimate of drug-likeness (QED) is 0.879. The summed E-state index contributed by atoms with van der Waals surface area (Å²) >= 11 is 0. The number of nitrogens with zero attached hydrogens (tertiary/aromatic N) is 1. The SMILES string of the molecule is O=C1C[C@H](Cc2ccccc2)C(=O)N1c1cccc(O)c1. The first-order valence-corrected chi connectivity index (χ1v) is 6.85. The summed E-state index contributed by atoms with van der Waals surface area (Å²) in [6.45, 7) is 0. The van der Waals surface area contributed by atoms with Crippen LogP contribution in [0.15, 0.2) is 54.6 Å². The fraction of sp³-hybridized carbons (Fsp3) is 0.176. The van der Waals surface area contributed by atoms with Gasteiger partial charge in [-0.15, -0.1) is 0 Å². The van der Waals surface area contributed by atoms with Crippen LogP contribution in [-0.4, -0.2) is 16.9 Å². The normalized spacial score (nSPS) is 18.3. The molecule has 3 rings (SSSR count). The van der Waals surface area contributed by atoms with Gasteiger partial charge >= 0.3 is 0 Å². The number of anilines is 1. The average Bonchev–Trinajstić information content (AvgIpc) is 2.74. The van der Waals surface area contributed by atoms with Gasteiger partial charge in [0.2, 0.25) is 11.8 Å². The second kappa shape index (κ2) is 5.40. The molecule has 106 valence electrons. The van der Waals surface area contributed by atoms with Crippen molar-refractivity contribution in [3.8, 4) is 5.75 Å². The van der Waals surface area contributed by atoms with Crippen LogP contribution in [0.2, 0.25) is 0 Å². The van der Waals surface area contributed by atoms with Crippen LogP contribution >= 0.6 is 0 Å². The summed E-state index contributed by atoms with van der Waals surface area (Å²) < 4.78 is 0. The number of benzene rings is 2. The molecule has 1 atom stereocenters. The minimum absolute atomic E-state index is 0.0413. The van der Waals surface area contributed by atoms with Crippen molar-refractivity contribution in [2.75, 3.05) is 4.90 Å². The predicted molar refractivity (Wildman–Crippen MR) is 78.9 cm³/mol. The number of imide groups is 1. The molecule has 1 fully saturated rings. The van der Waals surface area contributed by atoms with Gasteiger partial charge < -0.3 is 5.11 Å². The van der Waals surface area contributed by atoms with Crippen molar-refractivity contribution >= 4 is 17.5 Å². The van der Waals surface area contributed by atoms with Crippen molar-refractivity contribution in [3.05, 3.63) is 60.2 Å². The van der Waals surface area contributed by atoms with E-state index in [1.54, 1.807) is 12.1 Å². The lowest BCUT2D eigenvalue weighted by Crippen LogP contribution is -2.30. The third-order valence-corrected chi connectivity index (χ3v) is 3.65. The van der Waals surface area contributed by atoms with Crippen LogP contribution in [0.3, 0.4) is 0 Å². The van der Waals surface area contributed by atoms with Gasteiger partial charge in [0, 0.05) is 12.5 Å². The van der Waals surface area contributed by atoms with Crippen molar-refractivity contribution in [1.82, 2.24) is 0 Å². The number of hydrogen-bond donors (Lipinski definition) is 1. The molecule has 1 heterocycles. The zero-order valence-electron chi connectivity index (χ0n) is 11.4. The second-order valence-corrected chi connectivity index (χ2v) is 5.18. The van der Waals surface area contributed by atoms with Gasteiger partial charge in [-0.05, 0) is 24.1 Å². The van der Waals surface area contributed by atoms with E-state index in [2.05, 4.69) is 0 Å². The summed E-state index contributed by atoms with van der Waals surface area (Å²) in [6.07, 6.45) is 0.768. The van der Waals surface area contributed by atoms with Crippen LogP contribution in [0.1, 0.15) is 12.0 Å².